The van der Waals surface area contributed by atoms with Gasteiger partial charge in [-0.3, -0.25) is 4.98 Å². The summed E-state index contributed by atoms with van der Waals surface area (Å²) in [4.78, 5) is 5.41. The highest BCUT2D eigenvalue weighted by Crippen LogP contribution is 2.26. The van der Waals surface area contributed by atoms with Gasteiger partial charge in [0.2, 0.25) is 0 Å². The monoisotopic (exact) mass is 189 g/mol. The fourth-order valence-corrected chi connectivity index (χ4v) is 2.31. The first-order chi connectivity index (χ1) is 6.43. The van der Waals surface area contributed by atoms with Gasteiger partial charge in [0, 0.05) is 25.2 Å². The topological polar surface area (TPSA) is 38.7 Å². The van der Waals surface area contributed by atoms with E-state index in [0.717, 1.165) is 18.5 Å². The Morgan fingerprint density at radius 3 is 3.23 bits per heavy atom. The van der Waals surface area contributed by atoms with Gasteiger partial charge in [-0.2, -0.15) is 0 Å². The average Bonchev–Trinajstić information content (AvgIpc) is 2.61. The molecule has 3 nitrogen and oxygen atoms in total. The summed E-state index contributed by atoms with van der Waals surface area (Å²) >= 11 is 1.50. The quantitative estimate of drug-likeness (QED) is 0.537. The van der Waals surface area contributed by atoms with Gasteiger partial charge >= 0.3 is 0 Å². The van der Waals surface area contributed by atoms with Crippen LogP contribution in [0.15, 0.2) is 18.5 Å². The molecule has 0 aromatic carbocycles. The van der Waals surface area contributed by atoms with Crippen molar-refractivity contribution in [2.75, 3.05) is 0 Å². The average molecular weight is 189 g/mol. The number of fused-ring (bicyclic) bond motifs is 2. The van der Waals surface area contributed by atoms with Gasteiger partial charge in [0.15, 0.2) is 0 Å². The van der Waals surface area contributed by atoms with E-state index in [1.807, 2.05) is 12.4 Å². The minimum Gasteiger partial charge on any atom is -0.264 e. The van der Waals surface area contributed by atoms with Crippen LogP contribution in [0.1, 0.15) is 21.7 Å². The van der Waals surface area contributed by atoms with Crippen LogP contribution in [0.4, 0.5) is 0 Å². The van der Waals surface area contributed by atoms with E-state index < -0.39 is 0 Å². The summed E-state index contributed by atoms with van der Waals surface area (Å²) in [5, 5.41) is 4.10. The maximum Gasteiger partial charge on any atom is 0.0834 e. The van der Waals surface area contributed by atoms with E-state index in [2.05, 4.69) is 20.6 Å². The zero-order valence-electron chi connectivity index (χ0n) is 6.90. The molecule has 0 N–H and O–H groups in total. The summed E-state index contributed by atoms with van der Waals surface area (Å²) in [6.07, 6.45) is 5.65. The molecule has 0 saturated carbocycles. The second-order valence-electron chi connectivity index (χ2n) is 3.14. The standard InChI is InChI=1S/C9H7N3S/c1-2-10-5-7-4-9-8(3-6(1)7)11-12-13-9/h1-2,5H,3-4H2. The second-order valence-corrected chi connectivity index (χ2v) is 3.98. The number of hydrogen-bond acceptors (Lipinski definition) is 4. The highest BCUT2D eigenvalue weighted by molar-refractivity contribution is 7.05. The zero-order chi connectivity index (χ0) is 8.67. The Morgan fingerprint density at radius 1 is 1.23 bits per heavy atom. The molecular weight excluding hydrogens is 182 g/mol. The summed E-state index contributed by atoms with van der Waals surface area (Å²) in [5.74, 6) is 0. The first-order valence-electron chi connectivity index (χ1n) is 4.15. The summed E-state index contributed by atoms with van der Waals surface area (Å²) in [5.41, 5.74) is 3.81. The maximum atomic E-state index is 4.12. The second kappa shape index (κ2) is 2.60. The smallest absolute Gasteiger partial charge is 0.0834 e. The molecule has 0 atom stereocenters. The van der Waals surface area contributed by atoms with E-state index in [1.54, 1.807) is 0 Å². The molecule has 1 aliphatic rings. The third-order valence-corrected chi connectivity index (χ3v) is 3.11. The van der Waals surface area contributed by atoms with Crippen molar-refractivity contribution >= 4 is 11.5 Å². The van der Waals surface area contributed by atoms with Crippen LogP contribution in [0.3, 0.4) is 0 Å². The van der Waals surface area contributed by atoms with Gasteiger partial charge in [-0.25, -0.2) is 0 Å². The first-order valence-corrected chi connectivity index (χ1v) is 4.92. The molecule has 1 aliphatic carbocycles. The molecule has 0 bridgehead atoms. The molecule has 2 aromatic heterocycles. The van der Waals surface area contributed by atoms with Crippen molar-refractivity contribution in [3.63, 3.8) is 0 Å². The minimum atomic E-state index is 0.920. The predicted octanol–water partition coefficient (Wildman–Crippen LogP) is 1.43. The van der Waals surface area contributed by atoms with Crippen LogP contribution in [-0.4, -0.2) is 14.6 Å². The van der Waals surface area contributed by atoms with Crippen LogP contribution in [0.25, 0.3) is 0 Å². The van der Waals surface area contributed by atoms with E-state index in [9.17, 15) is 0 Å². The van der Waals surface area contributed by atoms with Crippen LogP contribution < -0.4 is 0 Å². The summed E-state index contributed by atoms with van der Waals surface area (Å²) in [7, 11) is 0. The number of rotatable bonds is 0. The van der Waals surface area contributed by atoms with Crippen molar-refractivity contribution in [3.8, 4) is 0 Å². The molecular formula is C9H7N3S. The molecule has 3 rings (SSSR count). The summed E-state index contributed by atoms with van der Waals surface area (Å²) in [6.45, 7) is 0. The highest BCUT2D eigenvalue weighted by Gasteiger charge is 2.17. The third-order valence-electron chi connectivity index (χ3n) is 2.35. The largest absolute Gasteiger partial charge is 0.264 e. The van der Waals surface area contributed by atoms with Gasteiger partial charge in [0.25, 0.3) is 0 Å². The molecule has 13 heavy (non-hydrogen) atoms. The van der Waals surface area contributed by atoms with Gasteiger partial charge in [0.1, 0.15) is 0 Å². The predicted molar refractivity (Wildman–Crippen MR) is 49.8 cm³/mol. The van der Waals surface area contributed by atoms with Crippen molar-refractivity contribution in [3.05, 3.63) is 40.2 Å². The molecule has 0 spiro atoms. The molecule has 0 radical (unpaired) electrons. The van der Waals surface area contributed by atoms with E-state index in [0.29, 0.717) is 0 Å². The first kappa shape index (κ1) is 7.15. The molecule has 2 heterocycles. The Kier molecular flexibility index (Phi) is 1.43. The number of hydrogen-bond donors (Lipinski definition) is 0. The SMILES string of the molecule is c1cc2c(cn1)Cc1snnc1C2. The van der Waals surface area contributed by atoms with Gasteiger partial charge in [-0.1, -0.05) is 4.49 Å². The molecule has 0 saturated heterocycles. The fourth-order valence-electron chi connectivity index (χ4n) is 1.64. The molecule has 0 amide bonds. The molecule has 64 valence electrons. The summed E-state index contributed by atoms with van der Waals surface area (Å²) < 4.78 is 3.96. The van der Waals surface area contributed by atoms with E-state index in [-0.39, 0.29) is 0 Å². The zero-order valence-corrected chi connectivity index (χ0v) is 7.71. The lowest BCUT2D eigenvalue weighted by Crippen LogP contribution is -2.05. The Morgan fingerprint density at radius 2 is 2.23 bits per heavy atom. The molecule has 0 fully saturated rings. The normalized spacial score (nSPS) is 13.5. The molecule has 0 unspecified atom stereocenters. The highest BCUT2D eigenvalue weighted by atomic mass is 32.1. The lowest BCUT2D eigenvalue weighted by molar-refractivity contribution is 0.934. The Bertz CT molecular complexity index is 410. The van der Waals surface area contributed by atoms with Crippen molar-refractivity contribution < 1.29 is 0 Å². The minimum absolute atomic E-state index is 0.920. The van der Waals surface area contributed by atoms with Gasteiger partial charge in [-0.05, 0) is 28.7 Å². The van der Waals surface area contributed by atoms with Crippen LogP contribution in [-0.2, 0) is 12.8 Å². The Hall–Kier alpha value is -1.29. The molecule has 0 aliphatic heterocycles. The van der Waals surface area contributed by atoms with Crippen LogP contribution in [0.5, 0.6) is 0 Å². The van der Waals surface area contributed by atoms with E-state index in [1.165, 1.54) is 27.5 Å². The van der Waals surface area contributed by atoms with Crippen molar-refractivity contribution in [2.24, 2.45) is 0 Å². The van der Waals surface area contributed by atoms with Crippen LogP contribution in [0.2, 0.25) is 0 Å². The van der Waals surface area contributed by atoms with E-state index >= 15 is 0 Å². The molecule has 4 heteroatoms. The van der Waals surface area contributed by atoms with Gasteiger partial charge in [0.05, 0.1) is 10.6 Å². The number of pyridine rings is 1. The van der Waals surface area contributed by atoms with Crippen molar-refractivity contribution in [1.82, 2.24) is 14.6 Å². The Labute approximate surface area is 79.6 Å². The fraction of sp³-hybridized carbons (Fsp3) is 0.222. The maximum absolute atomic E-state index is 4.12. The van der Waals surface area contributed by atoms with Gasteiger partial charge in [-0.15, -0.1) is 5.10 Å². The number of nitrogens with zero attached hydrogens (tertiary/aromatic N) is 3. The number of aromatic nitrogens is 3. The molecule has 2 aromatic rings. The van der Waals surface area contributed by atoms with Crippen LogP contribution in [0, 0.1) is 0 Å². The summed E-state index contributed by atoms with van der Waals surface area (Å²) in [6, 6.07) is 2.07. The van der Waals surface area contributed by atoms with Crippen LogP contribution >= 0.6 is 11.5 Å². The van der Waals surface area contributed by atoms with Crippen molar-refractivity contribution in [1.29, 1.82) is 0 Å². The van der Waals surface area contributed by atoms with E-state index in [4.69, 9.17) is 0 Å². The lowest BCUT2D eigenvalue weighted by Gasteiger charge is -2.12. The third kappa shape index (κ3) is 1.06. The lowest BCUT2D eigenvalue weighted by atomic mass is 9.96. The van der Waals surface area contributed by atoms with Gasteiger partial charge < -0.3 is 0 Å². The Balaban J connectivity index is 2.14. The van der Waals surface area contributed by atoms with Crippen molar-refractivity contribution in [2.45, 2.75) is 12.8 Å².